The summed E-state index contributed by atoms with van der Waals surface area (Å²) >= 11 is 0. The Morgan fingerprint density at radius 3 is 1.00 bits per heavy atom. The maximum absolute atomic E-state index is 6.22. The summed E-state index contributed by atoms with van der Waals surface area (Å²) in [5.41, 5.74) is 15.1. The van der Waals surface area contributed by atoms with Crippen molar-refractivity contribution in [1.29, 1.82) is 0 Å². The van der Waals surface area contributed by atoms with Gasteiger partial charge in [0.1, 0.15) is 17.2 Å². The van der Waals surface area contributed by atoms with Gasteiger partial charge in [0, 0.05) is 62.3 Å². The molecule has 0 radical (unpaired) electrons. The fourth-order valence-electron chi connectivity index (χ4n) is 9.24. The second kappa shape index (κ2) is 23.2. The van der Waals surface area contributed by atoms with Crippen molar-refractivity contribution in [2.75, 3.05) is 19.8 Å². The smallest absolute Gasteiger partial charge is 0.119 e. The number of fused-ring (bicyclic) bond motifs is 8. The lowest BCUT2D eigenvalue weighted by molar-refractivity contribution is 0.305. The SMILES string of the molecule is CCCCCCOc1ccc(-c2c3nc(c(-c4ccc(OCCCCCC)cc4)c4ccc([nH]4)c(-c4cccnc4)c4nc(c(-c5ccc(OCCCCCC)cc5)c5ccc2[nH]5)C=C4)C=C3)cc1. The number of pyridine rings is 1. The molecule has 0 aliphatic carbocycles. The average Bonchev–Trinajstić information content (AvgIpc) is 4.24. The van der Waals surface area contributed by atoms with Crippen molar-refractivity contribution in [2.24, 2.45) is 0 Å². The van der Waals surface area contributed by atoms with Gasteiger partial charge in [0.15, 0.2) is 0 Å². The molecule has 2 N–H and O–H groups in total. The van der Waals surface area contributed by atoms with Crippen LogP contribution in [-0.2, 0) is 0 Å². The van der Waals surface area contributed by atoms with Crippen LogP contribution < -0.4 is 14.2 Å². The predicted molar refractivity (Wildman–Crippen MR) is 287 cm³/mol. The molecule has 9 rings (SSSR count). The van der Waals surface area contributed by atoms with Gasteiger partial charge in [-0.25, -0.2) is 9.97 Å². The van der Waals surface area contributed by atoms with E-state index in [0.29, 0.717) is 19.8 Å². The molecule has 8 heteroatoms. The minimum Gasteiger partial charge on any atom is -0.494 e. The highest BCUT2D eigenvalue weighted by Gasteiger charge is 2.19. The van der Waals surface area contributed by atoms with Crippen LogP contribution in [0.1, 0.15) is 121 Å². The van der Waals surface area contributed by atoms with Crippen LogP contribution in [0.3, 0.4) is 0 Å². The molecule has 8 nitrogen and oxygen atoms in total. The minimum absolute atomic E-state index is 0.707. The summed E-state index contributed by atoms with van der Waals surface area (Å²) in [4.78, 5) is 23.3. The van der Waals surface area contributed by atoms with Crippen LogP contribution in [0, 0.1) is 0 Å². The Labute approximate surface area is 407 Å². The molecule has 2 aliphatic heterocycles. The molecule has 0 saturated carbocycles. The van der Waals surface area contributed by atoms with E-state index in [0.717, 1.165) is 126 Å². The first kappa shape index (κ1) is 46.9. The van der Waals surface area contributed by atoms with Gasteiger partial charge in [0.05, 0.1) is 42.6 Å². The van der Waals surface area contributed by atoms with Crippen LogP contribution in [0.5, 0.6) is 17.2 Å². The van der Waals surface area contributed by atoms with Crippen molar-refractivity contribution in [3.63, 3.8) is 0 Å². The molecule has 0 spiro atoms. The second-order valence-electron chi connectivity index (χ2n) is 18.0. The van der Waals surface area contributed by atoms with Gasteiger partial charge in [-0.1, -0.05) is 121 Å². The maximum Gasteiger partial charge on any atom is 0.119 e. The van der Waals surface area contributed by atoms with Crippen molar-refractivity contribution < 1.29 is 14.2 Å². The third kappa shape index (κ3) is 11.4. The fourth-order valence-corrected chi connectivity index (χ4v) is 9.24. The molecular formula is C61H65N5O3. The lowest BCUT2D eigenvalue weighted by atomic mass is 10.0. The average molecular weight is 916 g/mol. The quantitative estimate of drug-likeness (QED) is 0.0657. The summed E-state index contributed by atoms with van der Waals surface area (Å²) in [5.74, 6) is 2.59. The topological polar surface area (TPSA) is 97.9 Å². The van der Waals surface area contributed by atoms with E-state index >= 15 is 0 Å². The Bertz CT molecular complexity index is 2960. The van der Waals surface area contributed by atoms with E-state index < -0.39 is 0 Å². The molecule has 0 fully saturated rings. The second-order valence-corrected chi connectivity index (χ2v) is 18.0. The molecule has 0 unspecified atom stereocenters. The van der Waals surface area contributed by atoms with Crippen LogP contribution in [-0.4, -0.2) is 44.7 Å². The predicted octanol–water partition coefficient (Wildman–Crippen LogP) is 16.6. The van der Waals surface area contributed by atoms with Gasteiger partial charge in [-0.3, -0.25) is 4.98 Å². The number of aromatic amines is 2. The third-order valence-electron chi connectivity index (χ3n) is 12.9. The molecule has 3 aromatic carbocycles. The van der Waals surface area contributed by atoms with Gasteiger partial charge in [-0.15, -0.1) is 0 Å². The molecule has 7 aromatic rings. The van der Waals surface area contributed by atoms with Crippen LogP contribution in [0.2, 0.25) is 0 Å². The molecule has 0 saturated heterocycles. The number of hydrogen-bond acceptors (Lipinski definition) is 6. The van der Waals surface area contributed by atoms with E-state index in [9.17, 15) is 0 Å². The number of ether oxygens (including phenoxy) is 3. The number of nitrogens with one attached hydrogen (secondary N) is 2. The zero-order valence-corrected chi connectivity index (χ0v) is 40.5. The van der Waals surface area contributed by atoms with Gasteiger partial charge in [-0.2, -0.15) is 0 Å². The van der Waals surface area contributed by atoms with Crippen molar-refractivity contribution in [1.82, 2.24) is 24.9 Å². The molecule has 8 bridgehead atoms. The number of aromatic nitrogens is 5. The fraction of sp³-hybridized carbons (Fsp3) is 0.295. The van der Waals surface area contributed by atoms with Crippen LogP contribution in [0.25, 0.3) is 90.9 Å². The highest BCUT2D eigenvalue weighted by Crippen LogP contribution is 2.39. The molecular weight excluding hydrogens is 851 g/mol. The molecule has 4 aromatic heterocycles. The van der Waals surface area contributed by atoms with E-state index in [1.165, 1.54) is 57.8 Å². The first-order valence-corrected chi connectivity index (χ1v) is 25.4. The number of benzene rings is 3. The standard InChI is InChI=1S/C61H65N5O3/c1-4-7-10-13-39-67-47-24-18-43(19-25-47)58-50-30-32-52(63-50)59(44-20-26-48(27-21-44)68-40-14-11-8-5-2)54-34-36-56(65-54)61(46-17-16-38-62-42-46)57-37-35-55(66-57)60(53-33-31-51(58)64-53)45-22-28-49(29-23-45)69-41-15-12-9-6-3/h16-38,42,63,66H,4-15,39-41H2,1-3H3. The Hall–Kier alpha value is -7.19. The summed E-state index contributed by atoms with van der Waals surface area (Å²) in [7, 11) is 0. The summed E-state index contributed by atoms with van der Waals surface area (Å²) < 4.78 is 18.6. The van der Waals surface area contributed by atoms with Gasteiger partial charge in [-0.05, 0) is 127 Å². The van der Waals surface area contributed by atoms with E-state index in [-0.39, 0.29) is 0 Å². The number of nitrogens with zero attached hydrogens (tertiary/aromatic N) is 3. The Morgan fingerprint density at radius 2 is 0.696 bits per heavy atom. The highest BCUT2D eigenvalue weighted by molar-refractivity contribution is 5.99. The molecule has 69 heavy (non-hydrogen) atoms. The van der Waals surface area contributed by atoms with Crippen LogP contribution in [0.4, 0.5) is 0 Å². The minimum atomic E-state index is 0.707. The normalized spacial score (nSPS) is 11.9. The van der Waals surface area contributed by atoms with Gasteiger partial charge in [0.25, 0.3) is 0 Å². The van der Waals surface area contributed by atoms with Crippen molar-refractivity contribution >= 4 is 46.4 Å². The summed E-state index contributed by atoms with van der Waals surface area (Å²) in [6.07, 6.45) is 26.2. The van der Waals surface area contributed by atoms with Crippen molar-refractivity contribution in [2.45, 2.75) is 97.8 Å². The third-order valence-corrected chi connectivity index (χ3v) is 12.9. The zero-order chi connectivity index (χ0) is 47.2. The Morgan fingerprint density at radius 1 is 0.362 bits per heavy atom. The Kier molecular flexibility index (Phi) is 15.8. The van der Waals surface area contributed by atoms with Gasteiger partial charge in [0.2, 0.25) is 0 Å². The monoisotopic (exact) mass is 916 g/mol. The van der Waals surface area contributed by atoms with Crippen molar-refractivity contribution in [3.05, 3.63) is 144 Å². The molecule has 0 atom stereocenters. The lowest BCUT2D eigenvalue weighted by Gasteiger charge is -2.10. The number of hydrogen-bond donors (Lipinski definition) is 2. The highest BCUT2D eigenvalue weighted by atomic mass is 16.5. The summed E-state index contributed by atoms with van der Waals surface area (Å²) in [6.45, 7) is 8.82. The van der Waals surface area contributed by atoms with E-state index in [1.54, 1.807) is 0 Å². The summed E-state index contributed by atoms with van der Waals surface area (Å²) in [5, 5.41) is 0. The molecule has 2 aliphatic rings. The number of rotatable bonds is 22. The first-order chi connectivity index (χ1) is 34.1. The summed E-state index contributed by atoms with van der Waals surface area (Å²) in [6, 6.07) is 38.1. The van der Waals surface area contributed by atoms with Crippen LogP contribution >= 0.6 is 0 Å². The van der Waals surface area contributed by atoms with Gasteiger partial charge >= 0.3 is 0 Å². The van der Waals surface area contributed by atoms with Crippen molar-refractivity contribution in [3.8, 4) is 61.8 Å². The number of H-pyrrole nitrogens is 2. The van der Waals surface area contributed by atoms with E-state index in [1.807, 2.05) is 18.5 Å². The lowest BCUT2D eigenvalue weighted by Crippen LogP contribution is -1.97. The molecule has 6 heterocycles. The van der Waals surface area contributed by atoms with E-state index in [2.05, 4.69) is 163 Å². The molecule has 352 valence electrons. The van der Waals surface area contributed by atoms with E-state index in [4.69, 9.17) is 24.2 Å². The zero-order valence-electron chi connectivity index (χ0n) is 40.5. The molecule has 0 amide bonds. The largest absolute Gasteiger partial charge is 0.494 e. The van der Waals surface area contributed by atoms with Gasteiger partial charge < -0.3 is 24.2 Å². The van der Waals surface area contributed by atoms with Crippen LogP contribution in [0.15, 0.2) is 122 Å². The number of unbranched alkanes of at least 4 members (excludes halogenated alkanes) is 9. The Balaban J connectivity index is 1.24. The first-order valence-electron chi connectivity index (χ1n) is 25.4. The maximum atomic E-state index is 6.22.